The van der Waals surface area contributed by atoms with Crippen molar-refractivity contribution < 1.29 is 8.42 Å². The van der Waals surface area contributed by atoms with Crippen LogP contribution in [0.3, 0.4) is 0 Å². The Morgan fingerprint density at radius 3 is 2.67 bits per heavy atom. The van der Waals surface area contributed by atoms with E-state index in [0.717, 1.165) is 16.9 Å². The Morgan fingerprint density at radius 2 is 2.10 bits per heavy atom. The Bertz CT molecular complexity index is 612. The highest BCUT2D eigenvalue weighted by Crippen LogP contribution is 2.33. The molecule has 0 spiro atoms. The van der Waals surface area contributed by atoms with Crippen LogP contribution in [0.1, 0.15) is 31.9 Å². The molecule has 0 amide bonds. The van der Waals surface area contributed by atoms with E-state index in [1.165, 1.54) is 0 Å². The fourth-order valence-electron chi connectivity index (χ4n) is 2.58. The van der Waals surface area contributed by atoms with Crippen LogP contribution in [0.2, 0.25) is 0 Å². The summed E-state index contributed by atoms with van der Waals surface area (Å²) in [5.74, 6) is 0.838. The minimum atomic E-state index is -3.44. The van der Waals surface area contributed by atoms with E-state index in [4.69, 9.17) is 5.73 Å². The van der Waals surface area contributed by atoms with Crippen LogP contribution in [-0.2, 0) is 23.0 Å². The number of aryl methyl sites for hydroxylation is 1. The van der Waals surface area contributed by atoms with Crippen molar-refractivity contribution in [1.82, 2.24) is 4.31 Å². The molecule has 0 unspecified atom stereocenters. The van der Waals surface area contributed by atoms with Gasteiger partial charge in [-0.15, -0.1) is 0 Å². The maximum Gasteiger partial charge on any atom is 0.243 e. The molecule has 2 N–H and O–H groups in total. The maximum absolute atomic E-state index is 13.0. The Labute approximate surface area is 132 Å². The second kappa shape index (κ2) is 6.28. The van der Waals surface area contributed by atoms with Gasteiger partial charge in [-0.3, -0.25) is 0 Å². The number of nitrogens with two attached hydrogens (primary N) is 1. The quantitative estimate of drug-likeness (QED) is 0.920. The van der Waals surface area contributed by atoms with E-state index in [2.05, 4.69) is 13.8 Å². The highest BCUT2D eigenvalue weighted by Gasteiger charge is 2.35. The number of hydrogen-bond acceptors (Lipinski definition) is 4. The second-order valence-electron chi connectivity index (χ2n) is 5.95. The molecule has 0 aliphatic carbocycles. The molecule has 0 atom stereocenters. The summed E-state index contributed by atoms with van der Waals surface area (Å²) < 4.78 is 27.6. The standard InChI is InChI=1S/C15H24N2O2S2/c1-4-13-6-5-12(10-16)9-14(13)21(18,19)17-7-8-20-15(2,3)11-17/h5-6,9H,4,7-8,10-11,16H2,1-3H3. The Balaban J connectivity index is 2.43. The van der Waals surface area contributed by atoms with Gasteiger partial charge in [0.1, 0.15) is 0 Å². The van der Waals surface area contributed by atoms with E-state index in [-0.39, 0.29) is 4.75 Å². The van der Waals surface area contributed by atoms with Gasteiger partial charge in [0.2, 0.25) is 10.0 Å². The van der Waals surface area contributed by atoms with Crippen molar-refractivity contribution >= 4 is 21.8 Å². The zero-order chi connectivity index (χ0) is 15.7. The molecule has 0 radical (unpaired) electrons. The number of nitrogens with zero attached hydrogens (tertiary/aromatic N) is 1. The third kappa shape index (κ3) is 3.62. The van der Waals surface area contributed by atoms with Gasteiger partial charge in [-0.2, -0.15) is 16.1 Å². The number of hydrogen-bond donors (Lipinski definition) is 1. The first-order chi connectivity index (χ1) is 9.80. The van der Waals surface area contributed by atoms with Crippen molar-refractivity contribution in [1.29, 1.82) is 0 Å². The molecule has 21 heavy (non-hydrogen) atoms. The summed E-state index contributed by atoms with van der Waals surface area (Å²) in [4.78, 5) is 0.427. The van der Waals surface area contributed by atoms with E-state index in [1.54, 1.807) is 10.4 Å². The molecule has 1 saturated heterocycles. The smallest absolute Gasteiger partial charge is 0.243 e. The molecule has 118 valence electrons. The fourth-order valence-corrected chi connectivity index (χ4v) is 5.83. The van der Waals surface area contributed by atoms with E-state index in [0.29, 0.717) is 31.0 Å². The lowest BCUT2D eigenvalue weighted by atomic mass is 10.1. The first-order valence-corrected chi connectivity index (χ1v) is 9.68. The van der Waals surface area contributed by atoms with Gasteiger partial charge in [0.05, 0.1) is 4.90 Å². The molecule has 0 aromatic heterocycles. The van der Waals surface area contributed by atoms with Gasteiger partial charge in [0.15, 0.2) is 0 Å². The first kappa shape index (κ1) is 16.8. The first-order valence-electron chi connectivity index (χ1n) is 7.26. The predicted octanol–water partition coefficient (Wildman–Crippen LogP) is 2.22. The Kier molecular flexibility index (Phi) is 5.03. The van der Waals surface area contributed by atoms with Gasteiger partial charge in [0.25, 0.3) is 0 Å². The van der Waals surface area contributed by atoms with Gasteiger partial charge in [-0.25, -0.2) is 8.42 Å². The van der Waals surface area contributed by atoms with Crippen LogP contribution >= 0.6 is 11.8 Å². The molecular weight excluding hydrogens is 304 g/mol. The van der Waals surface area contributed by atoms with Crippen LogP contribution in [0.25, 0.3) is 0 Å². The minimum absolute atomic E-state index is 0.0385. The molecule has 1 aromatic rings. The van der Waals surface area contributed by atoms with Gasteiger partial charge < -0.3 is 5.73 Å². The summed E-state index contributed by atoms with van der Waals surface area (Å²) in [5, 5.41) is 0. The molecule has 1 fully saturated rings. The van der Waals surface area contributed by atoms with Crippen LogP contribution in [0.5, 0.6) is 0 Å². The lowest BCUT2D eigenvalue weighted by Gasteiger charge is -2.37. The summed E-state index contributed by atoms with van der Waals surface area (Å²) in [5.41, 5.74) is 7.39. The molecule has 6 heteroatoms. The average Bonchev–Trinajstić information content (AvgIpc) is 2.45. The van der Waals surface area contributed by atoms with Crippen LogP contribution < -0.4 is 5.73 Å². The van der Waals surface area contributed by atoms with Crippen molar-refractivity contribution in [3.8, 4) is 0 Å². The highest BCUT2D eigenvalue weighted by atomic mass is 32.2. The molecule has 1 aliphatic heterocycles. The summed E-state index contributed by atoms with van der Waals surface area (Å²) >= 11 is 1.83. The molecule has 1 aliphatic rings. The zero-order valence-corrected chi connectivity index (χ0v) is 14.6. The monoisotopic (exact) mass is 328 g/mol. The normalized spacial score (nSPS) is 19.6. The van der Waals surface area contributed by atoms with Crippen LogP contribution in [-0.4, -0.2) is 36.3 Å². The molecule has 4 nitrogen and oxygen atoms in total. The van der Waals surface area contributed by atoms with Crippen molar-refractivity contribution in [2.45, 2.75) is 43.4 Å². The molecular formula is C15H24N2O2S2. The Morgan fingerprint density at radius 1 is 1.38 bits per heavy atom. The number of sulfonamides is 1. The average molecular weight is 329 g/mol. The maximum atomic E-state index is 13.0. The third-order valence-corrected chi connectivity index (χ3v) is 6.98. The molecule has 0 bridgehead atoms. The zero-order valence-electron chi connectivity index (χ0n) is 12.9. The number of rotatable bonds is 4. The van der Waals surface area contributed by atoms with Crippen molar-refractivity contribution in [3.63, 3.8) is 0 Å². The summed E-state index contributed by atoms with van der Waals surface area (Å²) in [6.07, 6.45) is 0.700. The topological polar surface area (TPSA) is 63.4 Å². The molecule has 0 saturated carbocycles. The van der Waals surface area contributed by atoms with Crippen molar-refractivity contribution in [3.05, 3.63) is 29.3 Å². The SMILES string of the molecule is CCc1ccc(CN)cc1S(=O)(=O)N1CCSC(C)(C)C1. The van der Waals surface area contributed by atoms with E-state index in [9.17, 15) is 8.42 Å². The van der Waals surface area contributed by atoms with Gasteiger partial charge in [0, 0.05) is 30.1 Å². The van der Waals surface area contributed by atoms with E-state index >= 15 is 0 Å². The lowest BCUT2D eigenvalue weighted by molar-refractivity contribution is 0.387. The van der Waals surface area contributed by atoms with Crippen LogP contribution in [0.4, 0.5) is 0 Å². The van der Waals surface area contributed by atoms with Gasteiger partial charge in [-0.05, 0) is 37.5 Å². The Hall–Kier alpha value is -0.560. The molecule has 2 rings (SSSR count). The van der Waals surface area contributed by atoms with Gasteiger partial charge >= 0.3 is 0 Å². The van der Waals surface area contributed by atoms with Crippen molar-refractivity contribution in [2.24, 2.45) is 5.73 Å². The van der Waals surface area contributed by atoms with E-state index < -0.39 is 10.0 Å². The predicted molar refractivity (Wildman–Crippen MR) is 89.0 cm³/mol. The summed E-state index contributed by atoms with van der Waals surface area (Å²) in [7, 11) is -3.44. The minimum Gasteiger partial charge on any atom is -0.326 e. The third-order valence-electron chi connectivity index (χ3n) is 3.76. The van der Waals surface area contributed by atoms with Crippen molar-refractivity contribution in [2.75, 3.05) is 18.8 Å². The largest absolute Gasteiger partial charge is 0.326 e. The molecule has 1 heterocycles. The fraction of sp³-hybridized carbons (Fsp3) is 0.600. The van der Waals surface area contributed by atoms with E-state index in [1.807, 2.05) is 30.8 Å². The second-order valence-corrected chi connectivity index (χ2v) is 9.65. The number of benzene rings is 1. The summed E-state index contributed by atoms with van der Waals surface area (Å²) in [6.45, 7) is 7.65. The number of thioether (sulfide) groups is 1. The highest BCUT2D eigenvalue weighted by molar-refractivity contribution is 8.00. The van der Waals surface area contributed by atoms with Crippen LogP contribution in [0, 0.1) is 0 Å². The van der Waals surface area contributed by atoms with Gasteiger partial charge in [-0.1, -0.05) is 19.1 Å². The van der Waals surface area contributed by atoms with Crippen LogP contribution in [0.15, 0.2) is 23.1 Å². The summed E-state index contributed by atoms with van der Waals surface area (Å²) in [6, 6.07) is 5.54. The molecule has 1 aromatic carbocycles. The lowest BCUT2D eigenvalue weighted by Crippen LogP contribution is -2.46.